The molecule has 0 radical (unpaired) electrons. The first kappa shape index (κ1) is 13.4. The molecule has 0 saturated heterocycles. The lowest BCUT2D eigenvalue weighted by atomic mass is 10.1. The summed E-state index contributed by atoms with van der Waals surface area (Å²) in [6.07, 6.45) is 0. The number of hydrogen-bond donors (Lipinski definition) is 1. The molecular formula is C15H18N2O2S. The number of rotatable bonds is 5. The van der Waals surface area contributed by atoms with Crippen molar-refractivity contribution in [2.75, 3.05) is 13.2 Å². The van der Waals surface area contributed by atoms with Crippen molar-refractivity contribution in [2.24, 2.45) is 0 Å². The van der Waals surface area contributed by atoms with Crippen LogP contribution in [-0.2, 0) is 6.61 Å². The molecule has 1 aromatic carbocycles. The van der Waals surface area contributed by atoms with Crippen LogP contribution in [0.2, 0.25) is 0 Å². The third-order valence-electron chi connectivity index (χ3n) is 3.27. The molecule has 0 bridgehead atoms. The van der Waals surface area contributed by atoms with Crippen LogP contribution in [-0.4, -0.2) is 18.1 Å². The largest absolute Gasteiger partial charge is 0.491 e. The molecule has 1 N–H and O–H groups in total. The summed E-state index contributed by atoms with van der Waals surface area (Å²) in [6, 6.07) is 6.34. The van der Waals surface area contributed by atoms with Crippen LogP contribution in [0.4, 0.5) is 0 Å². The molecule has 0 spiro atoms. The maximum atomic E-state index is 5.77. The van der Waals surface area contributed by atoms with Crippen LogP contribution < -0.4 is 14.8 Å². The summed E-state index contributed by atoms with van der Waals surface area (Å²) in [5.74, 6) is 1.74. The van der Waals surface area contributed by atoms with E-state index in [0.717, 1.165) is 28.7 Å². The standard InChI is InChI=1S/C15H18N2O2S/c1-3-16-14-8-19-15-6-12(4-5-13(14)15)18-7-11-9-20-10(2)17-11/h4-6,9,14,16H,3,7-8H2,1-2H3. The Morgan fingerprint density at radius 3 is 3.15 bits per heavy atom. The molecule has 5 heteroatoms. The molecule has 0 fully saturated rings. The molecule has 1 aromatic heterocycles. The fourth-order valence-electron chi connectivity index (χ4n) is 2.33. The second-order valence-corrected chi connectivity index (χ2v) is 5.83. The highest BCUT2D eigenvalue weighted by molar-refractivity contribution is 7.09. The Morgan fingerprint density at radius 1 is 1.50 bits per heavy atom. The SMILES string of the molecule is CCNC1COc2cc(OCc3csc(C)n3)ccc21. The van der Waals surface area contributed by atoms with Crippen molar-refractivity contribution in [3.05, 3.63) is 39.8 Å². The first-order valence-corrected chi connectivity index (χ1v) is 7.68. The summed E-state index contributed by atoms with van der Waals surface area (Å²) in [7, 11) is 0. The van der Waals surface area contributed by atoms with Crippen molar-refractivity contribution in [1.29, 1.82) is 0 Å². The van der Waals surface area contributed by atoms with Gasteiger partial charge in [0.25, 0.3) is 0 Å². The highest BCUT2D eigenvalue weighted by Crippen LogP contribution is 2.35. The number of benzene rings is 1. The van der Waals surface area contributed by atoms with Crippen LogP contribution in [0.5, 0.6) is 11.5 Å². The first-order chi connectivity index (χ1) is 9.76. The number of fused-ring (bicyclic) bond motifs is 1. The Bertz CT molecular complexity index is 597. The van der Waals surface area contributed by atoms with Crippen molar-refractivity contribution in [2.45, 2.75) is 26.5 Å². The molecule has 20 heavy (non-hydrogen) atoms. The molecule has 1 atom stereocenters. The number of ether oxygens (including phenoxy) is 2. The first-order valence-electron chi connectivity index (χ1n) is 6.80. The molecule has 1 unspecified atom stereocenters. The Balaban J connectivity index is 1.67. The molecule has 2 heterocycles. The van der Waals surface area contributed by atoms with Gasteiger partial charge in [-0.25, -0.2) is 4.98 Å². The van der Waals surface area contributed by atoms with Gasteiger partial charge in [0.1, 0.15) is 24.7 Å². The van der Waals surface area contributed by atoms with Crippen LogP contribution >= 0.6 is 11.3 Å². The number of hydrogen-bond acceptors (Lipinski definition) is 5. The van der Waals surface area contributed by atoms with Crippen molar-refractivity contribution >= 4 is 11.3 Å². The molecule has 3 rings (SSSR count). The molecule has 106 valence electrons. The van der Waals surface area contributed by atoms with Gasteiger partial charge in [-0.15, -0.1) is 11.3 Å². The van der Waals surface area contributed by atoms with Gasteiger partial charge in [0, 0.05) is 17.0 Å². The van der Waals surface area contributed by atoms with Gasteiger partial charge in [-0.3, -0.25) is 0 Å². The van der Waals surface area contributed by atoms with Gasteiger partial charge >= 0.3 is 0 Å². The minimum absolute atomic E-state index is 0.297. The summed E-state index contributed by atoms with van der Waals surface area (Å²) in [4.78, 5) is 4.39. The number of nitrogens with zero attached hydrogens (tertiary/aromatic N) is 1. The van der Waals surface area contributed by atoms with E-state index in [4.69, 9.17) is 9.47 Å². The van der Waals surface area contributed by atoms with Crippen molar-refractivity contribution in [1.82, 2.24) is 10.3 Å². The lowest BCUT2D eigenvalue weighted by Gasteiger charge is -2.09. The summed E-state index contributed by atoms with van der Waals surface area (Å²) in [6.45, 7) is 6.23. The molecule has 1 aliphatic rings. The topological polar surface area (TPSA) is 43.4 Å². The maximum Gasteiger partial charge on any atom is 0.131 e. The number of nitrogens with one attached hydrogen (secondary N) is 1. The van der Waals surface area contributed by atoms with E-state index < -0.39 is 0 Å². The Kier molecular flexibility index (Phi) is 3.89. The monoisotopic (exact) mass is 290 g/mol. The van der Waals surface area contributed by atoms with E-state index in [1.165, 1.54) is 5.56 Å². The quantitative estimate of drug-likeness (QED) is 0.919. The molecule has 0 amide bonds. The van der Waals surface area contributed by atoms with Crippen LogP contribution in [0.25, 0.3) is 0 Å². The van der Waals surface area contributed by atoms with Gasteiger partial charge in [-0.05, 0) is 25.6 Å². The third-order valence-corrected chi connectivity index (χ3v) is 4.09. The summed E-state index contributed by atoms with van der Waals surface area (Å²) in [5, 5.41) is 6.50. The van der Waals surface area contributed by atoms with Gasteiger partial charge in [-0.2, -0.15) is 0 Å². The Hall–Kier alpha value is -1.59. The number of thiazole rings is 1. The molecule has 1 aliphatic heterocycles. The van der Waals surface area contributed by atoms with Crippen molar-refractivity contribution in [3.8, 4) is 11.5 Å². The maximum absolute atomic E-state index is 5.77. The molecular weight excluding hydrogens is 272 g/mol. The average Bonchev–Trinajstić information content (AvgIpc) is 3.04. The van der Waals surface area contributed by atoms with Crippen LogP contribution in [0, 0.1) is 6.92 Å². The Labute approximate surface area is 122 Å². The fourth-order valence-corrected chi connectivity index (χ4v) is 2.92. The normalized spacial score (nSPS) is 16.8. The second-order valence-electron chi connectivity index (χ2n) is 4.77. The predicted octanol–water partition coefficient (Wildman–Crippen LogP) is 3.07. The van der Waals surface area contributed by atoms with Crippen LogP contribution in [0.15, 0.2) is 23.6 Å². The fraction of sp³-hybridized carbons (Fsp3) is 0.400. The van der Waals surface area contributed by atoms with E-state index in [1.54, 1.807) is 11.3 Å². The number of likely N-dealkylation sites (N-methyl/N-ethyl adjacent to an activating group) is 1. The van der Waals surface area contributed by atoms with E-state index in [-0.39, 0.29) is 0 Å². The zero-order valence-corrected chi connectivity index (χ0v) is 12.5. The zero-order chi connectivity index (χ0) is 13.9. The molecule has 2 aromatic rings. The average molecular weight is 290 g/mol. The van der Waals surface area contributed by atoms with Crippen molar-refractivity contribution < 1.29 is 9.47 Å². The van der Waals surface area contributed by atoms with E-state index in [1.807, 2.05) is 24.4 Å². The van der Waals surface area contributed by atoms with Gasteiger partial charge in [0.15, 0.2) is 0 Å². The van der Waals surface area contributed by atoms with Gasteiger partial charge < -0.3 is 14.8 Å². The van der Waals surface area contributed by atoms with E-state index in [0.29, 0.717) is 19.3 Å². The second kappa shape index (κ2) is 5.81. The minimum atomic E-state index is 0.297. The molecule has 0 aliphatic carbocycles. The van der Waals surface area contributed by atoms with Crippen LogP contribution in [0.3, 0.4) is 0 Å². The third kappa shape index (κ3) is 2.78. The highest BCUT2D eigenvalue weighted by Gasteiger charge is 2.23. The van der Waals surface area contributed by atoms with Crippen LogP contribution in [0.1, 0.15) is 29.2 Å². The highest BCUT2D eigenvalue weighted by atomic mass is 32.1. The van der Waals surface area contributed by atoms with Crippen molar-refractivity contribution in [3.63, 3.8) is 0 Å². The predicted molar refractivity (Wildman–Crippen MR) is 79.5 cm³/mol. The van der Waals surface area contributed by atoms with Gasteiger partial charge in [-0.1, -0.05) is 6.92 Å². The van der Waals surface area contributed by atoms with Gasteiger partial charge in [0.2, 0.25) is 0 Å². The molecule has 4 nitrogen and oxygen atoms in total. The lowest BCUT2D eigenvalue weighted by molar-refractivity contribution is 0.294. The molecule has 0 saturated carbocycles. The van der Waals surface area contributed by atoms with Gasteiger partial charge in [0.05, 0.1) is 16.7 Å². The van der Waals surface area contributed by atoms with E-state index in [2.05, 4.69) is 23.3 Å². The summed E-state index contributed by atoms with van der Waals surface area (Å²) in [5.41, 5.74) is 2.18. The van der Waals surface area contributed by atoms with E-state index in [9.17, 15) is 0 Å². The zero-order valence-electron chi connectivity index (χ0n) is 11.7. The number of aryl methyl sites for hydroxylation is 1. The minimum Gasteiger partial charge on any atom is -0.491 e. The summed E-state index contributed by atoms with van der Waals surface area (Å²) >= 11 is 1.64. The lowest BCUT2D eigenvalue weighted by Crippen LogP contribution is -2.21. The summed E-state index contributed by atoms with van der Waals surface area (Å²) < 4.78 is 11.5. The number of aromatic nitrogens is 1. The van der Waals surface area contributed by atoms with E-state index >= 15 is 0 Å². The Morgan fingerprint density at radius 2 is 2.40 bits per heavy atom. The smallest absolute Gasteiger partial charge is 0.131 e.